The average Bonchev–Trinajstić information content (AvgIpc) is 2.38. The topological polar surface area (TPSA) is 12.0 Å². The zero-order valence-electron chi connectivity index (χ0n) is 10.2. The van der Waals surface area contributed by atoms with Crippen molar-refractivity contribution in [3.8, 4) is 0 Å². The standard InChI is InChI=1S/C15H15FIN/c1-11(12-5-3-2-4-6-12)10-18-15-8-7-13(16)9-14(15)17/h2-9,11,18H,10H2,1H3. The van der Waals surface area contributed by atoms with E-state index in [2.05, 4.69) is 47.0 Å². The summed E-state index contributed by atoms with van der Waals surface area (Å²) in [6.07, 6.45) is 0. The molecule has 0 spiro atoms. The number of halogens is 2. The van der Waals surface area contributed by atoms with E-state index in [1.165, 1.54) is 17.7 Å². The maximum atomic E-state index is 13.0. The summed E-state index contributed by atoms with van der Waals surface area (Å²) in [5.74, 6) is 0.230. The van der Waals surface area contributed by atoms with Crippen LogP contribution in [0.4, 0.5) is 10.1 Å². The average molecular weight is 355 g/mol. The Morgan fingerprint density at radius 3 is 2.56 bits per heavy atom. The lowest BCUT2D eigenvalue weighted by atomic mass is 10.0. The predicted octanol–water partition coefficient (Wildman–Crippen LogP) is 4.65. The van der Waals surface area contributed by atoms with Gasteiger partial charge in [0.2, 0.25) is 0 Å². The van der Waals surface area contributed by atoms with Crippen molar-refractivity contribution in [2.45, 2.75) is 12.8 Å². The van der Waals surface area contributed by atoms with Crippen molar-refractivity contribution < 1.29 is 4.39 Å². The Balaban J connectivity index is 1.99. The number of rotatable bonds is 4. The quantitative estimate of drug-likeness (QED) is 0.788. The predicted molar refractivity (Wildman–Crippen MR) is 82.5 cm³/mol. The maximum Gasteiger partial charge on any atom is 0.124 e. The summed E-state index contributed by atoms with van der Waals surface area (Å²) in [5.41, 5.74) is 2.29. The second kappa shape index (κ2) is 6.18. The summed E-state index contributed by atoms with van der Waals surface area (Å²) in [4.78, 5) is 0. The van der Waals surface area contributed by atoms with Crippen LogP contribution in [-0.4, -0.2) is 6.54 Å². The monoisotopic (exact) mass is 355 g/mol. The Bertz CT molecular complexity index is 513. The molecule has 0 saturated carbocycles. The normalized spacial score (nSPS) is 12.2. The molecule has 94 valence electrons. The highest BCUT2D eigenvalue weighted by Gasteiger charge is 2.06. The van der Waals surface area contributed by atoms with E-state index < -0.39 is 0 Å². The smallest absolute Gasteiger partial charge is 0.124 e. The lowest BCUT2D eigenvalue weighted by Crippen LogP contribution is -2.10. The highest BCUT2D eigenvalue weighted by atomic mass is 127. The Morgan fingerprint density at radius 1 is 1.17 bits per heavy atom. The van der Waals surface area contributed by atoms with E-state index >= 15 is 0 Å². The van der Waals surface area contributed by atoms with Crippen molar-refractivity contribution >= 4 is 28.3 Å². The van der Waals surface area contributed by atoms with E-state index in [9.17, 15) is 4.39 Å². The zero-order chi connectivity index (χ0) is 13.0. The van der Waals surface area contributed by atoms with Crippen molar-refractivity contribution in [1.29, 1.82) is 0 Å². The lowest BCUT2D eigenvalue weighted by Gasteiger charge is -2.15. The van der Waals surface area contributed by atoms with Gasteiger partial charge in [0.05, 0.1) is 0 Å². The molecule has 0 radical (unpaired) electrons. The molecule has 0 heterocycles. The summed E-state index contributed by atoms with van der Waals surface area (Å²) < 4.78 is 13.9. The first kappa shape index (κ1) is 13.3. The molecule has 0 aliphatic heterocycles. The van der Waals surface area contributed by atoms with Crippen LogP contribution in [0.2, 0.25) is 0 Å². The van der Waals surface area contributed by atoms with Gasteiger partial charge in [-0.2, -0.15) is 0 Å². The van der Waals surface area contributed by atoms with E-state index in [1.807, 2.05) is 18.2 Å². The molecule has 1 N–H and O–H groups in total. The van der Waals surface area contributed by atoms with Crippen molar-refractivity contribution in [2.75, 3.05) is 11.9 Å². The molecule has 0 amide bonds. The second-order valence-corrected chi connectivity index (χ2v) is 5.48. The summed E-state index contributed by atoms with van der Waals surface area (Å²) in [6.45, 7) is 3.02. The van der Waals surface area contributed by atoms with Crippen LogP contribution in [0.3, 0.4) is 0 Å². The Morgan fingerprint density at radius 2 is 1.89 bits per heavy atom. The molecule has 0 aliphatic carbocycles. The Kier molecular flexibility index (Phi) is 4.58. The molecule has 3 heteroatoms. The third kappa shape index (κ3) is 3.45. The minimum absolute atomic E-state index is 0.193. The van der Waals surface area contributed by atoms with Crippen LogP contribution in [0.25, 0.3) is 0 Å². The van der Waals surface area contributed by atoms with Gasteiger partial charge in [-0.1, -0.05) is 37.3 Å². The molecule has 1 atom stereocenters. The van der Waals surface area contributed by atoms with E-state index in [0.29, 0.717) is 5.92 Å². The molecule has 1 nitrogen and oxygen atoms in total. The zero-order valence-corrected chi connectivity index (χ0v) is 12.3. The van der Waals surface area contributed by atoms with Gasteiger partial charge in [0.25, 0.3) is 0 Å². The highest BCUT2D eigenvalue weighted by molar-refractivity contribution is 14.1. The largest absolute Gasteiger partial charge is 0.384 e. The molecule has 18 heavy (non-hydrogen) atoms. The third-order valence-corrected chi connectivity index (χ3v) is 3.79. The maximum absolute atomic E-state index is 13.0. The SMILES string of the molecule is CC(CNc1ccc(F)cc1I)c1ccccc1. The number of hydrogen-bond donors (Lipinski definition) is 1. The summed E-state index contributed by atoms with van der Waals surface area (Å²) in [7, 11) is 0. The number of hydrogen-bond acceptors (Lipinski definition) is 1. The first-order chi connectivity index (χ1) is 8.66. The van der Waals surface area contributed by atoms with Crippen molar-refractivity contribution in [3.05, 3.63) is 63.5 Å². The molecule has 0 saturated heterocycles. The third-order valence-electron chi connectivity index (χ3n) is 2.90. The lowest BCUT2D eigenvalue weighted by molar-refractivity contribution is 0.627. The van der Waals surface area contributed by atoms with Gasteiger partial charge in [0.15, 0.2) is 0 Å². The van der Waals surface area contributed by atoms with Crippen LogP contribution in [0, 0.1) is 9.39 Å². The molecule has 2 aromatic carbocycles. The number of anilines is 1. The fourth-order valence-corrected chi connectivity index (χ4v) is 2.46. The van der Waals surface area contributed by atoms with Crippen LogP contribution in [0.15, 0.2) is 48.5 Å². The van der Waals surface area contributed by atoms with Crippen molar-refractivity contribution in [2.24, 2.45) is 0 Å². The summed E-state index contributed by atoms with van der Waals surface area (Å²) in [5, 5.41) is 3.36. The van der Waals surface area contributed by atoms with Crippen LogP contribution < -0.4 is 5.32 Å². The molecule has 1 unspecified atom stereocenters. The Labute approximate surface area is 121 Å². The molecule has 0 aromatic heterocycles. The molecule has 2 aromatic rings. The molecular formula is C15H15FIN. The van der Waals surface area contributed by atoms with Crippen LogP contribution in [0.5, 0.6) is 0 Å². The number of nitrogens with one attached hydrogen (secondary N) is 1. The second-order valence-electron chi connectivity index (χ2n) is 4.32. The van der Waals surface area contributed by atoms with Crippen LogP contribution in [-0.2, 0) is 0 Å². The van der Waals surface area contributed by atoms with Gasteiger partial charge < -0.3 is 5.32 Å². The summed E-state index contributed by atoms with van der Waals surface area (Å²) >= 11 is 2.14. The minimum Gasteiger partial charge on any atom is -0.384 e. The van der Waals surface area contributed by atoms with E-state index in [4.69, 9.17) is 0 Å². The van der Waals surface area contributed by atoms with Crippen LogP contribution >= 0.6 is 22.6 Å². The molecule has 0 aliphatic rings. The van der Waals surface area contributed by atoms with Gasteiger partial charge in [-0.15, -0.1) is 0 Å². The fraction of sp³-hybridized carbons (Fsp3) is 0.200. The van der Waals surface area contributed by atoms with E-state index in [1.54, 1.807) is 6.07 Å². The van der Waals surface area contributed by atoms with Crippen molar-refractivity contribution in [3.63, 3.8) is 0 Å². The van der Waals surface area contributed by atoms with Crippen molar-refractivity contribution in [1.82, 2.24) is 0 Å². The van der Waals surface area contributed by atoms with Crippen LogP contribution in [0.1, 0.15) is 18.4 Å². The first-order valence-electron chi connectivity index (χ1n) is 5.90. The molecular weight excluding hydrogens is 340 g/mol. The molecule has 0 bridgehead atoms. The Hall–Kier alpha value is -1.10. The first-order valence-corrected chi connectivity index (χ1v) is 6.98. The number of benzene rings is 2. The van der Waals surface area contributed by atoms with E-state index in [-0.39, 0.29) is 5.82 Å². The highest BCUT2D eigenvalue weighted by Crippen LogP contribution is 2.21. The molecule has 2 rings (SSSR count). The van der Waals surface area contributed by atoms with Gasteiger partial charge in [0, 0.05) is 15.8 Å². The van der Waals surface area contributed by atoms with Gasteiger partial charge in [-0.05, 0) is 52.3 Å². The summed E-state index contributed by atoms with van der Waals surface area (Å²) in [6, 6.07) is 15.2. The fourth-order valence-electron chi connectivity index (χ4n) is 1.80. The van der Waals surface area contributed by atoms with Gasteiger partial charge in [0.1, 0.15) is 5.82 Å². The minimum atomic E-state index is -0.193. The molecule has 0 fully saturated rings. The van der Waals surface area contributed by atoms with Gasteiger partial charge >= 0.3 is 0 Å². The van der Waals surface area contributed by atoms with Gasteiger partial charge in [-0.3, -0.25) is 0 Å². The van der Waals surface area contributed by atoms with Gasteiger partial charge in [-0.25, -0.2) is 4.39 Å². The van der Waals surface area contributed by atoms with E-state index in [0.717, 1.165) is 15.8 Å².